The van der Waals surface area contributed by atoms with E-state index in [9.17, 15) is 0 Å². The third-order valence-electron chi connectivity index (χ3n) is 2.34. The Kier molecular flexibility index (Phi) is 23.5. The number of para-hydroxylation sites is 1. The average Bonchev–Trinajstić information content (AvgIpc) is 2.56. The van der Waals surface area contributed by atoms with Gasteiger partial charge in [-0.15, -0.1) is 0 Å². The second-order valence-corrected chi connectivity index (χ2v) is 3.15. The van der Waals surface area contributed by atoms with Gasteiger partial charge in [0.25, 0.3) is 0 Å². The first kappa shape index (κ1) is 23.1. The molecule has 0 aliphatic carbocycles. The van der Waals surface area contributed by atoms with Crippen molar-refractivity contribution in [3.8, 4) is 0 Å². The average molecular weight is 268 g/mol. The highest BCUT2D eigenvalue weighted by molar-refractivity contribution is 5.54. The fraction of sp³-hybridized carbons (Fsp3) is 0.647. The van der Waals surface area contributed by atoms with Gasteiger partial charge in [-0.1, -0.05) is 59.7 Å². The SMILES string of the molecule is CC.CC.CC.CN.CN1CCCc2ccccc21. The maximum absolute atomic E-state index is 4.50. The summed E-state index contributed by atoms with van der Waals surface area (Å²) >= 11 is 0. The third kappa shape index (κ3) is 9.54. The molecule has 2 N–H and O–H groups in total. The minimum absolute atomic E-state index is 1.21. The van der Waals surface area contributed by atoms with Crippen LogP contribution in [0.3, 0.4) is 0 Å². The highest BCUT2D eigenvalue weighted by Gasteiger charge is 2.11. The van der Waals surface area contributed by atoms with Gasteiger partial charge in [0, 0.05) is 19.3 Å². The Labute approximate surface area is 122 Å². The van der Waals surface area contributed by atoms with Crippen LogP contribution < -0.4 is 10.6 Å². The summed E-state index contributed by atoms with van der Waals surface area (Å²) in [6, 6.07) is 8.66. The maximum atomic E-state index is 4.50. The number of anilines is 1. The van der Waals surface area contributed by atoms with E-state index in [1.807, 2.05) is 41.5 Å². The Hall–Kier alpha value is -1.02. The molecule has 1 aromatic rings. The van der Waals surface area contributed by atoms with E-state index in [0.29, 0.717) is 0 Å². The van der Waals surface area contributed by atoms with Crippen LogP contribution in [0.2, 0.25) is 0 Å². The molecule has 0 amide bonds. The molecule has 0 saturated carbocycles. The molecule has 0 spiro atoms. The largest absolute Gasteiger partial charge is 0.374 e. The van der Waals surface area contributed by atoms with E-state index in [0.717, 1.165) is 0 Å². The van der Waals surface area contributed by atoms with E-state index >= 15 is 0 Å². The Morgan fingerprint density at radius 3 is 1.84 bits per heavy atom. The van der Waals surface area contributed by atoms with Gasteiger partial charge in [-0.05, 0) is 31.5 Å². The van der Waals surface area contributed by atoms with Crippen molar-refractivity contribution < 1.29 is 0 Å². The van der Waals surface area contributed by atoms with Gasteiger partial charge in [-0.3, -0.25) is 0 Å². The molecule has 2 nitrogen and oxygen atoms in total. The van der Waals surface area contributed by atoms with Crippen LogP contribution in [0.15, 0.2) is 24.3 Å². The molecule has 0 radical (unpaired) electrons. The number of hydrogen-bond donors (Lipinski definition) is 1. The second-order valence-electron chi connectivity index (χ2n) is 3.15. The van der Waals surface area contributed by atoms with Crippen molar-refractivity contribution in [3.05, 3.63) is 29.8 Å². The summed E-state index contributed by atoms with van der Waals surface area (Å²) in [5, 5.41) is 0. The first-order valence-corrected chi connectivity index (χ1v) is 7.75. The Morgan fingerprint density at radius 1 is 0.895 bits per heavy atom. The molecule has 114 valence electrons. The van der Waals surface area contributed by atoms with Crippen LogP contribution in [0.5, 0.6) is 0 Å². The molecule has 0 unspecified atom stereocenters. The lowest BCUT2D eigenvalue weighted by Gasteiger charge is -2.26. The summed E-state index contributed by atoms with van der Waals surface area (Å²) in [6.07, 6.45) is 2.55. The predicted molar refractivity (Wildman–Crippen MR) is 92.2 cm³/mol. The Morgan fingerprint density at radius 2 is 1.37 bits per heavy atom. The first-order valence-electron chi connectivity index (χ1n) is 7.75. The quantitative estimate of drug-likeness (QED) is 0.737. The number of rotatable bonds is 0. The molecule has 1 aromatic carbocycles. The van der Waals surface area contributed by atoms with E-state index in [1.165, 1.54) is 37.7 Å². The molecular formula is C17H36N2. The Bertz CT molecular complexity index is 259. The van der Waals surface area contributed by atoms with Crippen LogP contribution in [0, 0.1) is 0 Å². The fourth-order valence-electron chi connectivity index (χ4n) is 1.72. The maximum Gasteiger partial charge on any atom is 0.0396 e. The lowest BCUT2D eigenvalue weighted by atomic mass is 10.0. The van der Waals surface area contributed by atoms with Crippen LogP contribution >= 0.6 is 0 Å². The van der Waals surface area contributed by atoms with Gasteiger partial charge in [0.15, 0.2) is 0 Å². The van der Waals surface area contributed by atoms with Crippen LogP contribution in [-0.2, 0) is 6.42 Å². The van der Waals surface area contributed by atoms with E-state index in [-0.39, 0.29) is 0 Å². The zero-order chi connectivity index (χ0) is 15.7. The molecule has 0 fully saturated rings. The molecule has 1 aliphatic heterocycles. The number of fused-ring (bicyclic) bond motifs is 1. The van der Waals surface area contributed by atoms with Gasteiger partial charge in [0.1, 0.15) is 0 Å². The molecule has 1 heterocycles. The summed E-state index contributed by atoms with van der Waals surface area (Å²) in [6.45, 7) is 13.2. The van der Waals surface area contributed by atoms with E-state index in [1.54, 1.807) is 0 Å². The predicted octanol–water partition coefficient (Wildman–Crippen LogP) is 4.72. The van der Waals surface area contributed by atoms with Crippen molar-refractivity contribution >= 4 is 5.69 Å². The van der Waals surface area contributed by atoms with Crippen LogP contribution in [-0.4, -0.2) is 20.6 Å². The number of hydrogen-bond acceptors (Lipinski definition) is 2. The van der Waals surface area contributed by atoms with Crippen molar-refractivity contribution in [2.24, 2.45) is 5.73 Å². The molecule has 0 aromatic heterocycles. The summed E-state index contributed by atoms with van der Waals surface area (Å²) in [7, 11) is 3.66. The van der Waals surface area contributed by atoms with Gasteiger partial charge in [0.05, 0.1) is 0 Å². The molecule has 0 atom stereocenters. The van der Waals surface area contributed by atoms with E-state index < -0.39 is 0 Å². The second kappa shape index (κ2) is 19.3. The summed E-state index contributed by atoms with van der Waals surface area (Å²) in [4.78, 5) is 2.33. The highest BCUT2D eigenvalue weighted by Crippen LogP contribution is 2.24. The van der Waals surface area contributed by atoms with Crippen LogP contribution in [0.4, 0.5) is 5.69 Å². The molecule has 0 saturated heterocycles. The van der Waals surface area contributed by atoms with Crippen molar-refractivity contribution in [1.29, 1.82) is 0 Å². The minimum atomic E-state index is 1.21. The lowest BCUT2D eigenvalue weighted by Crippen LogP contribution is -2.24. The van der Waals surface area contributed by atoms with Crippen LogP contribution in [0.1, 0.15) is 53.5 Å². The normalized spacial score (nSPS) is 10.7. The van der Waals surface area contributed by atoms with Gasteiger partial charge in [-0.25, -0.2) is 0 Å². The van der Waals surface area contributed by atoms with Crippen molar-refractivity contribution in [2.45, 2.75) is 54.4 Å². The summed E-state index contributed by atoms with van der Waals surface area (Å²) in [5.74, 6) is 0. The molecular weight excluding hydrogens is 232 g/mol. The zero-order valence-corrected chi connectivity index (χ0v) is 14.5. The van der Waals surface area contributed by atoms with E-state index in [2.05, 4.69) is 41.9 Å². The summed E-state index contributed by atoms with van der Waals surface area (Å²) < 4.78 is 0. The molecule has 2 rings (SSSR count). The van der Waals surface area contributed by atoms with Gasteiger partial charge < -0.3 is 10.6 Å². The molecule has 1 aliphatic rings. The van der Waals surface area contributed by atoms with Crippen molar-refractivity contribution in [2.75, 3.05) is 25.5 Å². The standard InChI is InChI=1S/C10H13N.3C2H6.CH5N/c1-11-8-4-6-9-5-2-3-7-10(9)11;4*1-2/h2-3,5,7H,4,6,8H2,1H3;3*1-2H3;2H2,1H3. The third-order valence-corrected chi connectivity index (χ3v) is 2.34. The fourth-order valence-corrected chi connectivity index (χ4v) is 1.72. The van der Waals surface area contributed by atoms with Gasteiger partial charge >= 0.3 is 0 Å². The number of aryl methyl sites for hydroxylation is 1. The van der Waals surface area contributed by atoms with E-state index in [4.69, 9.17) is 0 Å². The number of nitrogens with two attached hydrogens (primary N) is 1. The van der Waals surface area contributed by atoms with Crippen LogP contribution in [0.25, 0.3) is 0 Å². The smallest absolute Gasteiger partial charge is 0.0396 e. The molecule has 2 heteroatoms. The lowest BCUT2D eigenvalue weighted by molar-refractivity contribution is 0.744. The van der Waals surface area contributed by atoms with Crippen molar-refractivity contribution in [1.82, 2.24) is 0 Å². The monoisotopic (exact) mass is 268 g/mol. The Balaban J connectivity index is -0.000000278. The minimum Gasteiger partial charge on any atom is -0.374 e. The molecule has 19 heavy (non-hydrogen) atoms. The van der Waals surface area contributed by atoms with Crippen molar-refractivity contribution in [3.63, 3.8) is 0 Å². The number of benzene rings is 1. The summed E-state index contributed by atoms with van der Waals surface area (Å²) in [5.41, 5.74) is 7.42. The topological polar surface area (TPSA) is 29.3 Å². The zero-order valence-electron chi connectivity index (χ0n) is 14.5. The molecule has 0 bridgehead atoms. The highest BCUT2D eigenvalue weighted by atomic mass is 15.1. The number of nitrogens with zero attached hydrogens (tertiary/aromatic N) is 1. The first-order chi connectivity index (χ1) is 9.38. The van der Waals surface area contributed by atoms with Gasteiger partial charge in [-0.2, -0.15) is 0 Å². The van der Waals surface area contributed by atoms with Gasteiger partial charge in [0.2, 0.25) is 0 Å².